The molecule has 0 spiro atoms. The van der Waals surface area contributed by atoms with E-state index < -0.39 is 0 Å². The molecule has 0 radical (unpaired) electrons. The van der Waals surface area contributed by atoms with Gasteiger partial charge in [0.05, 0.1) is 11.6 Å². The van der Waals surface area contributed by atoms with E-state index in [9.17, 15) is 9.59 Å². The Morgan fingerprint density at radius 3 is 2.57 bits per heavy atom. The zero-order valence-corrected chi connectivity index (χ0v) is 17.2. The number of nitrogens with one attached hydrogen (secondary N) is 3. The fourth-order valence-corrected chi connectivity index (χ4v) is 4.35. The minimum Gasteiger partial charge on any atom is -0.381 e. The molecule has 28 heavy (non-hydrogen) atoms. The van der Waals surface area contributed by atoms with Crippen LogP contribution in [0.4, 0.5) is 0 Å². The average molecular weight is 392 g/mol. The number of aryl methyl sites for hydroxylation is 2. The van der Waals surface area contributed by atoms with Crippen molar-refractivity contribution in [2.45, 2.75) is 65.1 Å². The second kappa shape index (κ2) is 9.52. The minimum atomic E-state index is -0.0749. The largest absolute Gasteiger partial charge is 0.381 e. The van der Waals surface area contributed by atoms with Crippen molar-refractivity contribution >= 4 is 11.8 Å². The van der Waals surface area contributed by atoms with Crippen molar-refractivity contribution in [3.8, 4) is 0 Å². The van der Waals surface area contributed by atoms with Crippen molar-refractivity contribution in [3.05, 3.63) is 17.0 Å². The Morgan fingerprint density at radius 1 is 1.18 bits per heavy atom. The van der Waals surface area contributed by atoms with Crippen LogP contribution in [0.1, 0.15) is 49.6 Å². The van der Waals surface area contributed by atoms with Gasteiger partial charge in [0.15, 0.2) is 0 Å². The molecule has 2 saturated heterocycles. The van der Waals surface area contributed by atoms with Gasteiger partial charge in [-0.15, -0.1) is 0 Å². The molecule has 156 valence electrons. The van der Waals surface area contributed by atoms with Gasteiger partial charge in [0.2, 0.25) is 11.8 Å². The molecule has 0 saturated carbocycles. The van der Waals surface area contributed by atoms with Gasteiger partial charge >= 0.3 is 0 Å². The summed E-state index contributed by atoms with van der Waals surface area (Å²) < 4.78 is 5.51. The Labute approximate surface area is 166 Å². The number of aromatic amines is 1. The molecule has 2 fully saturated rings. The number of aromatic nitrogens is 2. The van der Waals surface area contributed by atoms with Gasteiger partial charge < -0.3 is 15.4 Å². The lowest BCUT2D eigenvalue weighted by Gasteiger charge is -2.36. The standard InChI is InChI=1S/C20H33N5O3/c1-13-19(14(2)24-23-13)10-21-20(27)16-4-5-17(22-15(3)26)12-25(11-16)18-6-8-28-9-7-18/h16-18H,4-12H2,1-3H3,(H,21,27)(H,22,26)(H,23,24)/t16-,17+/m1/s1. The monoisotopic (exact) mass is 391 g/mol. The Kier molecular flexibility index (Phi) is 7.07. The van der Waals surface area contributed by atoms with Gasteiger partial charge in [0.1, 0.15) is 0 Å². The highest BCUT2D eigenvalue weighted by Gasteiger charge is 2.32. The summed E-state index contributed by atoms with van der Waals surface area (Å²) in [5, 5.41) is 13.3. The maximum atomic E-state index is 12.9. The zero-order chi connectivity index (χ0) is 20.1. The molecule has 1 aromatic heterocycles. The SMILES string of the molecule is CC(=O)N[C@H]1CC[C@@H](C(=O)NCc2c(C)n[nH]c2C)CN(C2CCOCC2)C1. The number of likely N-dealkylation sites (tertiary alicyclic amines) is 1. The first-order valence-electron chi connectivity index (χ1n) is 10.3. The number of hydrogen-bond acceptors (Lipinski definition) is 5. The molecule has 3 heterocycles. The molecule has 0 aliphatic carbocycles. The summed E-state index contributed by atoms with van der Waals surface area (Å²) in [6.07, 6.45) is 3.56. The first kappa shape index (κ1) is 20.8. The number of rotatable bonds is 5. The van der Waals surface area contributed by atoms with Gasteiger partial charge in [-0.2, -0.15) is 5.10 Å². The third-order valence-electron chi connectivity index (χ3n) is 5.98. The molecule has 2 atom stereocenters. The molecular weight excluding hydrogens is 358 g/mol. The van der Waals surface area contributed by atoms with E-state index in [1.165, 1.54) is 0 Å². The number of amides is 2. The quantitative estimate of drug-likeness (QED) is 0.696. The third-order valence-corrected chi connectivity index (χ3v) is 5.98. The van der Waals surface area contributed by atoms with E-state index >= 15 is 0 Å². The molecule has 1 aromatic rings. The van der Waals surface area contributed by atoms with Gasteiger partial charge in [-0.05, 0) is 39.5 Å². The van der Waals surface area contributed by atoms with E-state index in [2.05, 4.69) is 25.7 Å². The highest BCUT2D eigenvalue weighted by Crippen LogP contribution is 2.23. The van der Waals surface area contributed by atoms with Crippen molar-refractivity contribution < 1.29 is 14.3 Å². The first-order valence-corrected chi connectivity index (χ1v) is 10.3. The number of carbonyl (C=O) groups is 2. The molecule has 0 bridgehead atoms. The third kappa shape index (κ3) is 5.32. The Bertz CT molecular complexity index is 664. The second-order valence-corrected chi connectivity index (χ2v) is 8.10. The molecule has 3 N–H and O–H groups in total. The Hall–Kier alpha value is -1.93. The molecule has 0 unspecified atom stereocenters. The van der Waals surface area contributed by atoms with Crippen molar-refractivity contribution in [2.75, 3.05) is 26.3 Å². The summed E-state index contributed by atoms with van der Waals surface area (Å²) in [4.78, 5) is 26.9. The fourth-order valence-electron chi connectivity index (χ4n) is 4.35. The van der Waals surface area contributed by atoms with Gasteiger partial charge in [0.25, 0.3) is 0 Å². The Morgan fingerprint density at radius 2 is 1.93 bits per heavy atom. The predicted molar refractivity (Wildman–Crippen MR) is 106 cm³/mol. The van der Waals surface area contributed by atoms with E-state index in [1.54, 1.807) is 6.92 Å². The number of carbonyl (C=O) groups excluding carboxylic acids is 2. The highest BCUT2D eigenvalue weighted by atomic mass is 16.5. The predicted octanol–water partition coefficient (Wildman–Crippen LogP) is 1.04. The molecule has 2 aliphatic rings. The molecule has 3 rings (SSSR count). The smallest absolute Gasteiger partial charge is 0.224 e. The number of ether oxygens (including phenoxy) is 1. The van der Waals surface area contributed by atoms with Crippen LogP contribution in [0.25, 0.3) is 0 Å². The fraction of sp³-hybridized carbons (Fsp3) is 0.750. The lowest BCUT2D eigenvalue weighted by molar-refractivity contribution is -0.126. The van der Waals surface area contributed by atoms with E-state index in [4.69, 9.17) is 4.74 Å². The summed E-state index contributed by atoms with van der Waals surface area (Å²) in [5.41, 5.74) is 2.97. The summed E-state index contributed by atoms with van der Waals surface area (Å²) >= 11 is 0. The van der Waals surface area contributed by atoms with Crippen LogP contribution in [0.2, 0.25) is 0 Å². The van der Waals surface area contributed by atoms with Crippen molar-refractivity contribution in [1.29, 1.82) is 0 Å². The zero-order valence-electron chi connectivity index (χ0n) is 17.2. The molecule has 8 heteroatoms. The van der Waals surface area contributed by atoms with Crippen LogP contribution in [0.3, 0.4) is 0 Å². The van der Waals surface area contributed by atoms with Crippen LogP contribution < -0.4 is 10.6 Å². The van der Waals surface area contributed by atoms with Crippen molar-refractivity contribution in [3.63, 3.8) is 0 Å². The molecule has 0 aromatic carbocycles. The molecular formula is C20H33N5O3. The molecule has 2 aliphatic heterocycles. The van der Waals surface area contributed by atoms with E-state index in [1.807, 2.05) is 13.8 Å². The summed E-state index contributed by atoms with van der Waals surface area (Å²) in [6, 6.07) is 0.508. The first-order chi connectivity index (χ1) is 13.4. The lowest BCUT2D eigenvalue weighted by Crippen LogP contribution is -2.48. The number of hydrogen-bond donors (Lipinski definition) is 3. The normalized spacial score (nSPS) is 24.5. The number of H-pyrrole nitrogens is 1. The van der Waals surface area contributed by atoms with Crippen molar-refractivity contribution in [1.82, 2.24) is 25.7 Å². The highest BCUT2D eigenvalue weighted by molar-refractivity contribution is 5.79. The summed E-state index contributed by atoms with van der Waals surface area (Å²) in [6.45, 7) is 9.03. The van der Waals surface area contributed by atoms with Crippen LogP contribution in [0.5, 0.6) is 0 Å². The summed E-state index contributed by atoms with van der Waals surface area (Å²) in [7, 11) is 0. The van der Waals surface area contributed by atoms with Gasteiger partial charge in [-0.25, -0.2) is 0 Å². The van der Waals surface area contributed by atoms with Crippen LogP contribution >= 0.6 is 0 Å². The minimum absolute atomic E-state index is 0.00858. The van der Waals surface area contributed by atoms with Gasteiger partial charge in [-0.1, -0.05) is 0 Å². The van der Waals surface area contributed by atoms with Gasteiger partial charge in [-0.3, -0.25) is 19.6 Å². The van der Waals surface area contributed by atoms with Crippen LogP contribution in [-0.2, 0) is 20.9 Å². The van der Waals surface area contributed by atoms with Crippen molar-refractivity contribution in [2.24, 2.45) is 5.92 Å². The summed E-state index contributed by atoms with van der Waals surface area (Å²) in [5.74, 6) is 0.000359. The van der Waals surface area contributed by atoms with E-state index in [0.717, 1.165) is 68.9 Å². The van der Waals surface area contributed by atoms with Gasteiger partial charge in [0, 0.05) is 63.1 Å². The number of nitrogens with zero attached hydrogens (tertiary/aromatic N) is 2. The maximum absolute atomic E-state index is 12.9. The Balaban J connectivity index is 1.65. The van der Waals surface area contributed by atoms with Crippen LogP contribution in [0.15, 0.2) is 0 Å². The molecule has 2 amide bonds. The van der Waals surface area contributed by atoms with Crippen LogP contribution in [0, 0.1) is 19.8 Å². The molecule has 8 nitrogen and oxygen atoms in total. The topological polar surface area (TPSA) is 99.3 Å². The van der Waals surface area contributed by atoms with Crippen LogP contribution in [-0.4, -0.2) is 65.3 Å². The van der Waals surface area contributed by atoms with E-state index in [0.29, 0.717) is 12.6 Å². The lowest BCUT2D eigenvalue weighted by atomic mass is 10.00. The van der Waals surface area contributed by atoms with E-state index in [-0.39, 0.29) is 23.8 Å². The average Bonchev–Trinajstić information content (AvgIpc) is 2.87. The maximum Gasteiger partial charge on any atom is 0.224 e. The second-order valence-electron chi connectivity index (χ2n) is 8.10.